The van der Waals surface area contributed by atoms with Crippen LogP contribution in [0.2, 0.25) is 0 Å². The second-order valence-electron chi connectivity index (χ2n) is 8.82. The Kier molecular flexibility index (Phi) is 4.87. The van der Waals surface area contributed by atoms with Gasteiger partial charge in [0.1, 0.15) is 0 Å². The highest BCUT2D eigenvalue weighted by molar-refractivity contribution is 6.04. The van der Waals surface area contributed by atoms with E-state index < -0.39 is 0 Å². The molecule has 1 aromatic heterocycles. The molecule has 0 radical (unpaired) electrons. The van der Waals surface area contributed by atoms with E-state index in [2.05, 4.69) is 20.6 Å². The second-order valence-corrected chi connectivity index (χ2v) is 8.82. The third-order valence-electron chi connectivity index (χ3n) is 7.17. The number of fused-ring (bicyclic) bond motifs is 5. The van der Waals surface area contributed by atoms with Gasteiger partial charge < -0.3 is 10.6 Å². The van der Waals surface area contributed by atoms with Crippen LogP contribution in [0.4, 0.5) is 0 Å². The summed E-state index contributed by atoms with van der Waals surface area (Å²) in [6, 6.07) is 8.22. The lowest BCUT2D eigenvalue weighted by atomic mass is 9.73. The molecule has 2 aromatic rings. The van der Waals surface area contributed by atoms with Crippen molar-refractivity contribution < 1.29 is 4.79 Å². The minimum atomic E-state index is -0.198. The van der Waals surface area contributed by atoms with E-state index in [1.165, 1.54) is 30.4 Å². The molecule has 1 amide bonds. The summed E-state index contributed by atoms with van der Waals surface area (Å²) in [6.45, 7) is 3.93. The summed E-state index contributed by atoms with van der Waals surface area (Å²) in [4.78, 5) is 28.1. The highest BCUT2D eigenvalue weighted by Gasteiger charge is 2.45. The first kappa shape index (κ1) is 18.8. The number of amides is 1. The fourth-order valence-corrected chi connectivity index (χ4v) is 5.80. The van der Waals surface area contributed by atoms with Crippen LogP contribution in [0.5, 0.6) is 0 Å². The van der Waals surface area contributed by atoms with E-state index in [-0.39, 0.29) is 11.5 Å². The zero-order valence-electron chi connectivity index (χ0n) is 16.9. The van der Waals surface area contributed by atoms with Crippen LogP contribution in [0.25, 0.3) is 10.8 Å². The van der Waals surface area contributed by atoms with Gasteiger partial charge in [-0.15, -0.1) is 0 Å². The quantitative estimate of drug-likeness (QED) is 0.814. The Bertz CT molecular complexity index is 987. The van der Waals surface area contributed by atoms with Gasteiger partial charge in [-0.2, -0.15) is 5.10 Å². The predicted molar refractivity (Wildman–Crippen MR) is 112 cm³/mol. The van der Waals surface area contributed by atoms with Gasteiger partial charge >= 0.3 is 0 Å². The summed E-state index contributed by atoms with van der Waals surface area (Å²) >= 11 is 0. The Morgan fingerprint density at radius 3 is 2.86 bits per heavy atom. The van der Waals surface area contributed by atoms with Crippen molar-refractivity contribution in [2.75, 3.05) is 26.2 Å². The third-order valence-corrected chi connectivity index (χ3v) is 7.17. The molecule has 154 valence electrons. The molecular formula is C22H29N5O2. The van der Waals surface area contributed by atoms with E-state index in [0.29, 0.717) is 41.0 Å². The monoisotopic (exact) mass is 395 g/mol. The summed E-state index contributed by atoms with van der Waals surface area (Å²) < 4.78 is 1.26. The fraction of sp³-hybridized carbons (Fsp3) is 0.591. The van der Waals surface area contributed by atoms with E-state index >= 15 is 0 Å². The number of rotatable bonds is 3. The number of hydrogen-bond donors (Lipinski definition) is 2. The molecule has 0 aliphatic carbocycles. The first-order valence-electron chi connectivity index (χ1n) is 10.8. The Hall–Kier alpha value is -2.25. The van der Waals surface area contributed by atoms with Gasteiger partial charge in [-0.1, -0.05) is 24.6 Å². The van der Waals surface area contributed by atoms with Gasteiger partial charge in [-0.3, -0.25) is 14.5 Å². The van der Waals surface area contributed by atoms with Gasteiger partial charge in [-0.05, 0) is 56.8 Å². The van der Waals surface area contributed by atoms with Crippen LogP contribution in [0.1, 0.15) is 36.2 Å². The number of aryl methyl sites for hydroxylation is 1. The normalized spacial score (nSPS) is 29.4. The number of hydrogen-bond acceptors (Lipinski definition) is 5. The van der Waals surface area contributed by atoms with Crippen molar-refractivity contribution >= 4 is 16.7 Å². The maximum absolute atomic E-state index is 13.1. The van der Waals surface area contributed by atoms with Crippen LogP contribution in [0, 0.1) is 11.8 Å². The Morgan fingerprint density at radius 1 is 1.21 bits per heavy atom. The van der Waals surface area contributed by atoms with Crippen molar-refractivity contribution in [1.82, 2.24) is 25.3 Å². The molecule has 0 unspecified atom stereocenters. The van der Waals surface area contributed by atoms with E-state index in [1.54, 1.807) is 19.2 Å². The second kappa shape index (κ2) is 7.54. The molecule has 7 heteroatoms. The largest absolute Gasteiger partial charge is 0.349 e. The Morgan fingerprint density at radius 2 is 2.00 bits per heavy atom. The average Bonchev–Trinajstić information content (AvgIpc) is 2.76. The molecule has 1 aromatic carbocycles. The maximum Gasteiger partial charge on any atom is 0.274 e. The number of nitrogens with one attached hydrogen (secondary N) is 2. The first-order chi connectivity index (χ1) is 14.1. The Labute approximate surface area is 170 Å². The highest BCUT2D eigenvalue weighted by Crippen LogP contribution is 2.38. The van der Waals surface area contributed by atoms with Crippen molar-refractivity contribution in [3.05, 3.63) is 40.3 Å². The van der Waals surface area contributed by atoms with Crippen LogP contribution in [-0.2, 0) is 7.05 Å². The molecule has 3 saturated heterocycles. The number of nitrogens with zero attached hydrogens (tertiary/aromatic N) is 3. The topological polar surface area (TPSA) is 79.3 Å². The van der Waals surface area contributed by atoms with E-state index in [0.717, 1.165) is 25.6 Å². The number of carbonyl (C=O) groups excluding carboxylic acids is 1. The molecule has 7 nitrogen and oxygen atoms in total. The van der Waals surface area contributed by atoms with Crippen LogP contribution >= 0.6 is 0 Å². The van der Waals surface area contributed by atoms with Gasteiger partial charge in [0.2, 0.25) is 0 Å². The van der Waals surface area contributed by atoms with Gasteiger partial charge in [-0.25, -0.2) is 4.68 Å². The van der Waals surface area contributed by atoms with Crippen LogP contribution in [-0.4, -0.2) is 58.9 Å². The number of piperidine rings is 3. The van der Waals surface area contributed by atoms with Gasteiger partial charge in [0.25, 0.3) is 11.5 Å². The number of carbonyl (C=O) groups is 1. The van der Waals surface area contributed by atoms with Crippen LogP contribution < -0.4 is 16.2 Å². The van der Waals surface area contributed by atoms with E-state index in [4.69, 9.17) is 0 Å². The molecule has 5 rings (SSSR count). The van der Waals surface area contributed by atoms with Crippen molar-refractivity contribution in [1.29, 1.82) is 0 Å². The summed E-state index contributed by atoms with van der Waals surface area (Å²) in [6.07, 6.45) is 5.10. The molecular weight excluding hydrogens is 366 g/mol. The van der Waals surface area contributed by atoms with Crippen LogP contribution in [0.3, 0.4) is 0 Å². The molecule has 0 saturated carbocycles. The average molecular weight is 396 g/mol. The molecule has 2 N–H and O–H groups in total. The summed E-state index contributed by atoms with van der Waals surface area (Å²) in [7, 11) is 1.60. The van der Waals surface area contributed by atoms with E-state index in [9.17, 15) is 9.59 Å². The van der Waals surface area contributed by atoms with Crippen molar-refractivity contribution in [2.45, 2.75) is 37.8 Å². The molecule has 3 aliphatic rings. The van der Waals surface area contributed by atoms with E-state index in [1.807, 2.05) is 12.1 Å². The van der Waals surface area contributed by atoms with Crippen molar-refractivity contribution in [3.8, 4) is 0 Å². The smallest absolute Gasteiger partial charge is 0.274 e. The molecule has 0 spiro atoms. The Balaban J connectivity index is 1.38. The van der Waals surface area contributed by atoms with Gasteiger partial charge in [0, 0.05) is 31.1 Å². The van der Waals surface area contributed by atoms with Gasteiger partial charge in [0.15, 0.2) is 5.69 Å². The zero-order valence-corrected chi connectivity index (χ0v) is 16.9. The summed E-state index contributed by atoms with van der Waals surface area (Å²) in [5.74, 6) is 1.12. The lowest BCUT2D eigenvalue weighted by Crippen LogP contribution is -2.65. The number of aromatic nitrogens is 2. The molecule has 4 heterocycles. The standard InChI is InChI=1S/C22H29N5O2/c1-26-22(29)17-7-3-2-6-16(17)20(25-26)21(28)24-13-19-15-10-14(11-23-12-15)18-8-4-5-9-27(18)19/h2-3,6-7,14-15,18-19,23H,4-5,8-13H2,1H3,(H,24,28)/t14-,15+,18+,19+/m1/s1. The minimum Gasteiger partial charge on any atom is -0.349 e. The predicted octanol–water partition coefficient (Wildman–Crippen LogP) is 1.13. The van der Waals surface area contributed by atoms with Crippen LogP contribution in [0.15, 0.2) is 29.1 Å². The molecule has 3 fully saturated rings. The fourth-order valence-electron chi connectivity index (χ4n) is 5.80. The third kappa shape index (κ3) is 3.26. The molecule has 4 atom stereocenters. The van der Waals surface area contributed by atoms with Crippen molar-refractivity contribution in [3.63, 3.8) is 0 Å². The lowest BCUT2D eigenvalue weighted by molar-refractivity contribution is -0.0371. The number of benzene rings is 1. The minimum absolute atomic E-state index is 0.181. The SMILES string of the molecule is Cn1nc(C(=O)NC[C@H]2[C@@H]3CNC[C@@H](C3)[C@@H]3CCCCN32)c2ccccc2c1=O. The van der Waals surface area contributed by atoms with Gasteiger partial charge in [0.05, 0.1) is 5.39 Å². The zero-order chi connectivity index (χ0) is 20.0. The lowest BCUT2D eigenvalue weighted by Gasteiger charge is -2.55. The first-order valence-corrected chi connectivity index (χ1v) is 10.8. The summed E-state index contributed by atoms with van der Waals surface area (Å²) in [5.41, 5.74) is 0.147. The summed E-state index contributed by atoms with van der Waals surface area (Å²) in [5, 5.41) is 12.2. The molecule has 29 heavy (non-hydrogen) atoms. The molecule has 2 bridgehead atoms. The molecule has 3 aliphatic heterocycles. The maximum atomic E-state index is 13.1. The highest BCUT2D eigenvalue weighted by atomic mass is 16.2. The van der Waals surface area contributed by atoms with Crippen molar-refractivity contribution in [2.24, 2.45) is 18.9 Å².